The average Bonchev–Trinajstić information content (AvgIpc) is 3.08. The number of hydrogen-bond donors (Lipinski definition) is 0. The van der Waals surface area contributed by atoms with Crippen LogP contribution in [0.4, 0.5) is 0 Å². The highest BCUT2D eigenvalue weighted by Gasteiger charge is 2.14. The normalized spacial score (nSPS) is 13.8. The van der Waals surface area contributed by atoms with Gasteiger partial charge in [0, 0.05) is 0 Å². The fourth-order valence-electron chi connectivity index (χ4n) is 2.18. The zero-order valence-corrected chi connectivity index (χ0v) is 13.5. The summed E-state index contributed by atoms with van der Waals surface area (Å²) in [6.45, 7) is 5.59. The van der Waals surface area contributed by atoms with Gasteiger partial charge in [0.2, 0.25) is 0 Å². The Labute approximate surface area is 133 Å². The van der Waals surface area contributed by atoms with Crippen molar-refractivity contribution < 1.29 is 14.3 Å². The highest BCUT2D eigenvalue weighted by molar-refractivity contribution is 5.36. The van der Waals surface area contributed by atoms with Crippen molar-refractivity contribution in [3.63, 3.8) is 0 Å². The minimum absolute atomic E-state index is 0.287. The molecule has 0 saturated heterocycles. The zero-order valence-electron chi connectivity index (χ0n) is 13.5. The predicted octanol–water partition coefficient (Wildman–Crippen LogP) is 4.44. The van der Waals surface area contributed by atoms with E-state index in [0.717, 1.165) is 19.3 Å². The fourth-order valence-corrected chi connectivity index (χ4v) is 2.18. The molecule has 1 atom stereocenters. The van der Waals surface area contributed by atoms with Crippen LogP contribution in [0, 0.1) is 0 Å². The minimum Gasteiger partial charge on any atom is -0.468 e. The first-order valence-electron chi connectivity index (χ1n) is 7.88. The second-order valence-corrected chi connectivity index (χ2v) is 5.00. The second kappa shape index (κ2) is 11.8. The molecule has 3 nitrogen and oxygen atoms in total. The van der Waals surface area contributed by atoms with Gasteiger partial charge in [0.25, 0.3) is 6.47 Å². The standard InChI is InChI=1S/C16H20O.C3H6O2/c1-2-8-16(15-11-6-7-12-15)17-13-14-9-4-3-5-10-14;1-2-5-3-4/h3-7,9-11,16H,2,8,12-13H2,1H3;3H,2H2,1H3. The van der Waals surface area contributed by atoms with Gasteiger partial charge >= 0.3 is 0 Å². The third-order valence-electron chi connectivity index (χ3n) is 3.29. The molecular formula is C19H26O3. The molecule has 0 bridgehead atoms. The van der Waals surface area contributed by atoms with Crippen LogP contribution in [-0.2, 0) is 20.9 Å². The first-order valence-corrected chi connectivity index (χ1v) is 7.88. The van der Waals surface area contributed by atoms with E-state index in [-0.39, 0.29) is 6.10 Å². The molecule has 0 radical (unpaired) electrons. The zero-order chi connectivity index (χ0) is 16.0. The van der Waals surface area contributed by atoms with Crippen LogP contribution in [0.2, 0.25) is 0 Å². The van der Waals surface area contributed by atoms with Gasteiger partial charge in [-0.25, -0.2) is 0 Å². The van der Waals surface area contributed by atoms with Crippen molar-refractivity contribution in [2.45, 2.75) is 45.8 Å². The van der Waals surface area contributed by atoms with E-state index in [0.29, 0.717) is 19.7 Å². The molecule has 120 valence electrons. The molecule has 0 aliphatic heterocycles. The van der Waals surface area contributed by atoms with Crippen LogP contribution in [0.15, 0.2) is 54.1 Å². The Kier molecular flexibility index (Phi) is 9.71. The SMILES string of the molecule is CCCC(OCc1ccccc1)C1=CC=CC1.CCOC=O. The largest absolute Gasteiger partial charge is 0.468 e. The van der Waals surface area contributed by atoms with Gasteiger partial charge in [0.05, 0.1) is 19.3 Å². The highest BCUT2D eigenvalue weighted by atomic mass is 16.5. The Morgan fingerprint density at radius 3 is 2.50 bits per heavy atom. The van der Waals surface area contributed by atoms with Gasteiger partial charge in [0.15, 0.2) is 0 Å². The molecule has 0 spiro atoms. The summed E-state index contributed by atoms with van der Waals surface area (Å²) in [5.74, 6) is 0. The van der Waals surface area contributed by atoms with Crippen LogP contribution in [0.3, 0.4) is 0 Å². The molecule has 0 amide bonds. The Morgan fingerprint density at radius 1 is 1.23 bits per heavy atom. The number of rotatable bonds is 8. The predicted molar refractivity (Wildman–Crippen MR) is 89.5 cm³/mol. The molecule has 0 saturated carbocycles. The summed E-state index contributed by atoms with van der Waals surface area (Å²) in [4.78, 5) is 9.18. The van der Waals surface area contributed by atoms with Crippen molar-refractivity contribution in [2.24, 2.45) is 0 Å². The van der Waals surface area contributed by atoms with E-state index >= 15 is 0 Å². The van der Waals surface area contributed by atoms with Crippen LogP contribution >= 0.6 is 0 Å². The number of ether oxygens (including phenoxy) is 2. The van der Waals surface area contributed by atoms with Crippen molar-refractivity contribution >= 4 is 6.47 Å². The van der Waals surface area contributed by atoms with Crippen LogP contribution in [0.1, 0.15) is 38.7 Å². The molecule has 1 aromatic rings. The average molecular weight is 302 g/mol. The molecule has 1 aromatic carbocycles. The van der Waals surface area contributed by atoms with E-state index in [1.54, 1.807) is 6.92 Å². The number of benzene rings is 1. The Morgan fingerprint density at radius 2 is 2.00 bits per heavy atom. The van der Waals surface area contributed by atoms with Gasteiger partial charge in [-0.15, -0.1) is 0 Å². The number of hydrogen-bond acceptors (Lipinski definition) is 3. The van der Waals surface area contributed by atoms with Crippen molar-refractivity contribution in [3.8, 4) is 0 Å². The maximum absolute atomic E-state index is 9.18. The van der Waals surface area contributed by atoms with E-state index in [9.17, 15) is 4.79 Å². The van der Waals surface area contributed by atoms with Crippen molar-refractivity contribution in [3.05, 3.63) is 59.7 Å². The van der Waals surface area contributed by atoms with Gasteiger partial charge in [-0.3, -0.25) is 4.79 Å². The van der Waals surface area contributed by atoms with E-state index in [1.807, 2.05) is 6.07 Å². The van der Waals surface area contributed by atoms with E-state index in [4.69, 9.17) is 4.74 Å². The summed E-state index contributed by atoms with van der Waals surface area (Å²) in [7, 11) is 0. The molecule has 1 aliphatic rings. The smallest absolute Gasteiger partial charge is 0.293 e. The van der Waals surface area contributed by atoms with E-state index in [1.165, 1.54) is 11.1 Å². The minimum atomic E-state index is 0.287. The molecule has 0 aromatic heterocycles. The topological polar surface area (TPSA) is 35.5 Å². The first-order chi connectivity index (χ1) is 10.8. The number of carbonyl (C=O) groups is 1. The molecule has 22 heavy (non-hydrogen) atoms. The molecule has 1 aliphatic carbocycles. The Bertz CT molecular complexity index is 463. The summed E-state index contributed by atoms with van der Waals surface area (Å²) in [5.41, 5.74) is 2.67. The quantitative estimate of drug-likeness (QED) is 0.666. The van der Waals surface area contributed by atoms with Crippen LogP contribution in [0.5, 0.6) is 0 Å². The lowest BCUT2D eigenvalue weighted by atomic mass is 10.0. The lowest BCUT2D eigenvalue weighted by Crippen LogP contribution is -2.14. The maximum Gasteiger partial charge on any atom is 0.293 e. The Balaban J connectivity index is 0.000000422. The van der Waals surface area contributed by atoms with Crippen molar-refractivity contribution in [1.29, 1.82) is 0 Å². The van der Waals surface area contributed by atoms with Gasteiger partial charge in [-0.05, 0) is 30.9 Å². The van der Waals surface area contributed by atoms with Crippen molar-refractivity contribution in [1.82, 2.24) is 0 Å². The molecule has 2 rings (SSSR count). The van der Waals surface area contributed by atoms with E-state index < -0.39 is 0 Å². The molecule has 1 unspecified atom stereocenters. The van der Waals surface area contributed by atoms with Gasteiger partial charge in [-0.2, -0.15) is 0 Å². The highest BCUT2D eigenvalue weighted by Crippen LogP contribution is 2.22. The third-order valence-corrected chi connectivity index (χ3v) is 3.29. The summed E-state index contributed by atoms with van der Waals surface area (Å²) >= 11 is 0. The number of carbonyl (C=O) groups excluding carboxylic acids is 1. The summed E-state index contributed by atoms with van der Waals surface area (Å²) in [5, 5.41) is 0. The monoisotopic (exact) mass is 302 g/mol. The Hall–Kier alpha value is -1.87. The van der Waals surface area contributed by atoms with E-state index in [2.05, 4.69) is 54.2 Å². The van der Waals surface area contributed by atoms with Crippen LogP contribution in [0.25, 0.3) is 0 Å². The third kappa shape index (κ3) is 7.23. The maximum atomic E-state index is 9.18. The summed E-state index contributed by atoms with van der Waals surface area (Å²) in [6.07, 6.45) is 10.1. The molecule has 0 heterocycles. The molecule has 3 heteroatoms. The molecule has 0 N–H and O–H groups in total. The second-order valence-electron chi connectivity index (χ2n) is 5.00. The number of allylic oxidation sites excluding steroid dienone is 3. The lowest BCUT2D eigenvalue weighted by molar-refractivity contribution is -0.128. The fraction of sp³-hybridized carbons (Fsp3) is 0.421. The first kappa shape index (κ1) is 18.2. The summed E-state index contributed by atoms with van der Waals surface area (Å²) < 4.78 is 10.2. The van der Waals surface area contributed by atoms with Gasteiger partial charge in [0.1, 0.15) is 0 Å². The van der Waals surface area contributed by atoms with Gasteiger partial charge in [-0.1, -0.05) is 61.9 Å². The lowest BCUT2D eigenvalue weighted by Gasteiger charge is -2.18. The van der Waals surface area contributed by atoms with Gasteiger partial charge < -0.3 is 9.47 Å². The molecule has 0 fully saturated rings. The van der Waals surface area contributed by atoms with Crippen molar-refractivity contribution in [2.75, 3.05) is 6.61 Å². The molecular weight excluding hydrogens is 276 g/mol. The van der Waals surface area contributed by atoms with Crippen LogP contribution < -0.4 is 0 Å². The summed E-state index contributed by atoms with van der Waals surface area (Å²) in [6, 6.07) is 10.4. The van der Waals surface area contributed by atoms with Crippen LogP contribution in [-0.4, -0.2) is 19.2 Å².